The third-order valence-corrected chi connectivity index (χ3v) is 8.54. The maximum absolute atomic E-state index is 14.7. The Morgan fingerprint density at radius 3 is 2.64 bits per heavy atom. The van der Waals surface area contributed by atoms with Crippen LogP contribution in [-0.4, -0.2) is 59.3 Å². The number of aromatic nitrogens is 2. The van der Waals surface area contributed by atoms with E-state index in [4.69, 9.17) is 20.6 Å². The second-order valence-electron chi connectivity index (χ2n) is 11.0. The Bertz CT molecular complexity index is 1760. The zero-order valence-corrected chi connectivity index (χ0v) is 21.6. The summed E-state index contributed by atoms with van der Waals surface area (Å²) < 4.78 is 26.8. The Balaban J connectivity index is 1.43. The Morgan fingerprint density at radius 1 is 1.18 bits per heavy atom. The van der Waals surface area contributed by atoms with Crippen molar-refractivity contribution in [3.63, 3.8) is 0 Å². The molecule has 198 valence electrons. The quantitative estimate of drug-likeness (QED) is 0.387. The van der Waals surface area contributed by atoms with Gasteiger partial charge in [0, 0.05) is 41.6 Å². The SMILES string of the molecule is C#Cc1c(F)ccc2cc(O)cc(-c3oc(=O)c4c(N5CCC5)nc(OCC56CCN(CC5)C6)nc4c3C)c12. The van der Waals surface area contributed by atoms with Crippen molar-refractivity contribution < 1.29 is 18.7 Å². The minimum absolute atomic E-state index is 0.0269. The molecule has 0 atom stereocenters. The van der Waals surface area contributed by atoms with E-state index in [-0.39, 0.29) is 33.9 Å². The zero-order valence-electron chi connectivity index (χ0n) is 21.6. The molecule has 2 aromatic carbocycles. The normalized spacial score (nSPS) is 21.9. The molecule has 9 heteroatoms. The van der Waals surface area contributed by atoms with E-state index in [9.17, 15) is 14.3 Å². The van der Waals surface area contributed by atoms with Crippen LogP contribution in [-0.2, 0) is 0 Å². The van der Waals surface area contributed by atoms with E-state index in [0.29, 0.717) is 39.8 Å². The second-order valence-corrected chi connectivity index (χ2v) is 11.0. The van der Waals surface area contributed by atoms with Gasteiger partial charge in [-0.05, 0) is 62.9 Å². The third kappa shape index (κ3) is 3.73. The molecule has 0 saturated carbocycles. The fraction of sp³-hybridized carbons (Fsp3) is 0.367. The van der Waals surface area contributed by atoms with E-state index in [1.165, 1.54) is 24.3 Å². The molecular weight excluding hydrogens is 499 g/mol. The van der Waals surface area contributed by atoms with Crippen LogP contribution in [0, 0.1) is 30.5 Å². The summed E-state index contributed by atoms with van der Waals surface area (Å²) in [4.78, 5) is 27.4. The predicted molar refractivity (Wildman–Crippen MR) is 146 cm³/mol. The molecular formula is C30H27FN4O4. The van der Waals surface area contributed by atoms with Crippen LogP contribution < -0.4 is 15.3 Å². The molecule has 3 aliphatic heterocycles. The number of fused-ring (bicyclic) bond motifs is 4. The van der Waals surface area contributed by atoms with Crippen molar-refractivity contribution in [1.29, 1.82) is 0 Å². The molecule has 39 heavy (non-hydrogen) atoms. The molecule has 2 bridgehead atoms. The highest BCUT2D eigenvalue weighted by molar-refractivity contribution is 6.03. The Kier molecular flexibility index (Phi) is 5.32. The van der Waals surface area contributed by atoms with Crippen molar-refractivity contribution in [2.75, 3.05) is 44.2 Å². The second kappa shape index (κ2) is 8.68. The number of halogens is 1. The number of ether oxygens (including phenoxy) is 1. The predicted octanol–water partition coefficient (Wildman–Crippen LogP) is 4.22. The lowest BCUT2D eigenvalue weighted by Crippen LogP contribution is -2.38. The van der Waals surface area contributed by atoms with Gasteiger partial charge in [0.15, 0.2) is 5.82 Å². The first-order chi connectivity index (χ1) is 18.9. The van der Waals surface area contributed by atoms with Gasteiger partial charge in [-0.3, -0.25) is 0 Å². The number of hydrogen-bond acceptors (Lipinski definition) is 8. The first-order valence-corrected chi connectivity index (χ1v) is 13.2. The van der Waals surface area contributed by atoms with Crippen LogP contribution in [0.25, 0.3) is 33.0 Å². The van der Waals surface area contributed by atoms with Gasteiger partial charge >= 0.3 is 11.6 Å². The van der Waals surface area contributed by atoms with E-state index in [1.54, 1.807) is 6.92 Å². The topological polar surface area (TPSA) is 91.9 Å². The largest absolute Gasteiger partial charge is 0.508 e. The first-order valence-electron chi connectivity index (χ1n) is 13.2. The van der Waals surface area contributed by atoms with Gasteiger partial charge in [0.2, 0.25) is 0 Å². The van der Waals surface area contributed by atoms with Gasteiger partial charge < -0.3 is 24.1 Å². The number of terminal acetylenes is 1. The van der Waals surface area contributed by atoms with Crippen molar-refractivity contribution in [1.82, 2.24) is 14.9 Å². The molecule has 0 unspecified atom stereocenters. The minimum atomic E-state index is -0.616. The third-order valence-electron chi connectivity index (χ3n) is 8.54. The number of hydrogen-bond donors (Lipinski definition) is 1. The van der Waals surface area contributed by atoms with Gasteiger partial charge in [0.25, 0.3) is 0 Å². The van der Waals surface area contributed by atoms with Crippen LogP contribution in [0.5, 0.6) is 11.8 Å². The lowest BCUT2D eigenvalue weighted by molar-refractivity contribution is 0.157. The fourth-order valence-corrected chi connectivity index (χ4v) is 6.27. The van der Waals surface area contributed by atoms with Crippen molar-refractivity contribution in [2.45, 2.75) is 26.2 Å². The van der Waals surface area contributed by atoms with Crippen LogP contribution in [0.2, 0.25) is 0 Å². The number of anilines is 1. The van der Waals surface area contributed by atoms with Crippen molar-refractivity contribution in [3.05, 3.63) is 51.6 Å². The van der Waals surface area contributed by atoms with Crippen molar-refractivity contribution in [3.8, 4) is 35.4 Å². The average molecular weight is 527 g/mol. The van der Waals surface area contributed by atoms with Gasteiger partial charge in [-0.2, -0.15) is 9.97 Å². The van der Waals surface area contributed by atoms with E-state index in [1.807, 2.05) is 4.90 Å². The van der Waals surface area contributed by atoms with E-state index >= 15 is 0 Å². The number of nitrogens with zero attached hydrogens (tertiary/aromatic N) is 4. The number of phenols is 1. The molecule has 1 N–H and O–H groups in total. The molecule has 3 aliphatic rings. The first kappa shape index (κ1) is 23.9. The number of phenolic OH excluding ortho intramolecular Hbond substituents is 1. The Labute approximate surface area is 224 Å². The molecule has 4 aromatic rings. The molecule has 8 nitrogen and oxygen atoms in total. The molecule has 0 radical (unpaired) electrons. The zero-order chi connectivity index (χ0) is 26.9. The summed E-state index contributed by atoms with van der Waals surface area (Å²) in [7, 11) is 0. The fourth-order valence-electron chi connectivity index (χ4n) is 6.27. The van der Waals surface area contributed by atoms with E-state index in [0.717, 1.165) is 52.0 Å². The van der Waals surface area contributed by atoms with Gasteiger partial charge in [-0.25, -0.2) is 9.18 Å². The molecule has 2 aromatic heterocycles. The van der Waals surface area contributed by atoms with Crippen LogP contribution in [0.3, 0.4) is 0 Å². The van der Waals surface area contributed by atoms with Crippen LogP contribution >= 0.6 is 0 Å². The number of aryl methyl sites for hydroxylation is 1. The summed E-state index contributed by atoms with van der Waals surface area (Å²) in [5.74, 6) is 2.43. The molecule has 7 rings (SSSR count). The minimum Gasteiger partial charge on any atom is -0.508 e. The standard InChI is InChI=1S/C30H27FN4O4/c1-3-20-22(31)6-5-18-13-19(36)14-21(23(18)20)26-17(2)25-24(28(37)39-26)27(35-9-4-10-35)33-29(32-25)38-16-30-7-11-34(15-30)12-8-30/h1,5-6,13-14,36H,4,7-12,15-16H2,2H3. The maximum atomic E-state index is 14.7. The van der Waals surface area contributed by atoms with E-state index in [2.05, 4.69) is 15.8 Å². The summed E-state index contributed by atoms with van der Waals surface area (Å²) in [5, 5.41) is 11.7. The highest BCUT2D eigenvalue weighted by Gasteiger charge is 2.44. The number of aromatic hydroxyl groups is 1. The molecule has 3 saturated heterocycles. The van der Waals surface area contributed by atoms with Gasteiger partial charge in [-0.15, -0.1) is 6.42 Å². The summed E-state index contributed by atoms with van der Waals surface area (Å²) in [5.41, 5.74) is 0.788. The maximum Gasteiger partial charge on any atom is 0.349 e. The van der Waals surface area contributed by atoms with Crippen molar-refractivity contribution >= 4 is 27.5 Å². The smallest absolute Gasteiger partial charge is 0.349 e. The Morgan fingerprint density at radius 2 is 1.97 bits per heavy atom. The number of piperidine rings is 1. The van der Waals surface area contributed by atoms with Crippen molar-refractivity contribution in [2.24, 2.45) is 5.41 Å². The monoisotopic (exact) mass is 526 g/mol. The van der Waals surface area contributed by atoms with Gasteiger partial charge in [0.05, 0.1) is 17.7 Å². The molecule has 0 amide bonds. The summed E-state index contributed by atoms with van der Waals surface area (Å²) in [6.45, 7) is 7.03. The van der Waals surface area contributed by atoms with Gasteiger partial charge in [-0.1, -0.05) is 12.0 Å². The summed E-state index contributed by atoms with van der Waals surface area (Å²) >= 11 is 0. The average Bonchev–Trinajstić information content (AvgIpc) is 3.50. The molecule has 3 fully saturated rings. The summed E-state index contributed by atoms with van der Waals surface area (Å²) in [6.07, 6.45) is 8.85. The lowest BCUT2D eigenvalue weighted by atomic mass is 9.86. The highest BCUT2D eigenvalue weighted by Crippen LogP contribution is 2.42. The van der Waals surface area contributed by atoms with E-state index < -0.39 is 11.4 Å². The van der Waals surface area contributed by atoms with Crippen LogP contribution in [0.4, 0.5) is 10.2 Å². The Hall–Kier alpha value is -4.16. The van der Waals surface area contributed by atoms with Crippen LogP contribution in [0.1, 0.15) is 30.4 Å². The van der Waals surface area contributed by atoms with Crippen LogP contribution in [0.15, 0.2) is 33.5 Å². The number of benzene rings is 2. The molecule has 5 heterocycles. The van der Waals surface area contributed by atoms with Gasteiger partial charge in [0.1, 0.15) is 22.7 Å². The highest BCUT2D eigenvalue weighted by atomic mass is 19.1. The summed E-state index contributed by atoms with van der Waals surface area (Å²) in [6, 6.07) is 5.94. The number of rotatable bonds is 5. The lowest BCUT2D eigenvalue weighted by Gasteiger charge is -2.32. The molecule has 0 spiro atoms. The molecule has 0 aliphatic carbocycles.